The van der Waals surface area contributed by atoms with Crippen LogP contribution in [-0.4, -0.2) is 42.1 Å². The van der Waals surface area contributed by atoms with Gasteiger partial charge >= 0.3 is 0 Å². The van der Waals surface area contributed by atoms with Gasteiger partial charge in [0.05, 0.1) is 0 Å². The first-order valence-corrected chi connectivity index (χ1v) is 9.02. The number of piperidine rings is 1. The van der Waals surface area contributed by atoms with Crippen molar-refractivity contribution in [1.29, 1.82) is 5.41 Å². The van der Waals surface area contributed by atoms with Gasteiger partial charge in [0.2, 0.25) is 0 Å². The van der Waals surface area contributed by atoms with Crippen LogP contribution in [0.4, 0.5) is 0 Å². The molecule has 0 bridgehead atoms. The second-order valence-electron chi connectivity index (χ2n) is 8.36. The second kappa shape index (κ2) is 7.35. The molecule has 2 fully saturated rings. The predicted molar refractivity (Wildman–Crippen MR) is 99.5 cm³/mol. The van der Waals surface area contributed by atoms with Gasteiger partial charge in [-0.05, 0) is 74.2 Å². The second-order valence-corrected chi connectivity index (χ2v) is 8.77. The van der Waals surface area contributed by atoms with Gasteiger partial charge < -0.3 is 10.6 Å². The van der Waals surface area contributed by atoms with Crippen LogP contribution in [0.5, 0.6) is 0 Å². The van der Waals surface area contributed by atoms with Crippen LogP contribution in [-0.2, 0) is 0 Å². The van der Waals surface area contributed by atoms with Gasteiger partial charge in [-0.1, -0.05) is 32.4 Å². The normalized spacial score (nSPS) is 25.2. The molecule has 1 aliphatic heterocycles. The van der Waals surface area contributed by atoms with Gasteiger partial charge in [0.15, 0.2) is 0 Å². The summed E-state index contributed by atoms with van der Waals surface area (Å²) in [5.74, 6) is 1.16. The molecular weight excluding hydrogens is 308 g/mol. The lowest BCUT2D eigenvalue weighted by Gasteiger charge is -2.34. The van der Waals surface area contributed by atoms with E-state index in [0.717, 1.165) is 6.54 Å². The highest BCUT2D eigenvalue weighted by Crippen LogP contribution is 2.59. The number of allylic oxidation sites excluding steroid dienone is 1. The molecule has 1 atom stereocenters. The maximum absolute atomic E-state index is 7.13. The van der Waals surface area contributed by atoms with Crippen LogP contribution >= 0.6 is 11.6 Å². The quantitative estimate of drug-likeness (QED) is 0.573. The average molecular weight is 339 g/mol. The number of aliphatic imine (C=N–C) groups is 1. The van der Waals surface area contributed by atoms with Crippen molar-refractivity contribution in [2.24, 2.45) is 27.5 Å². The Morgan fingerprint density at radius 1 is 1.35 bits per heavy atom. The molecule has 0 amide bonds. The fourth-order valence-electron chi connectivity index (χ4n) is 3.44. The van der Waals surface area contributed by atoms with Crippen LogP contribution < -0.4 is 5.73 Å². The fraction of sp³-hybridized carbons (Fsp3) is 0.778. The Kier molecular flexibility index (Phi) is 5.90. The Labute approximate surface area is 145 Å². The molecule has 5 heteroatoms. The van der Waals surface area contributed by atoms with E-state index < -0.39 is 0 Å². The molecule has 130 valence electrons. The Morgan fingerprint density at radius 3 is 2.57 bits per heavy atom. The fourth-order valence-corrected chi connectivity index (χ4v) is 3.51. The van der Waals surface area contributed by atoms with E-state index >= 15 is 0 Å². The molecule has 1 saturated heterocycles. The first-order valence-electron chi connectivity index (χ1n) is 8.65. The first kappa shape index (κ1) is 18.5. The SMILES string of the molecule is CC(C)(C)CCN1CCC2(CC1)CC2CN=C(N)/C=C\C(=N)Cl. The van der Waals surface area contributed by atoms with E-state index in [4.69, 9.17) is 22.7 Å². The highest BCUT2D eigenvalue weighted by atomic mass is 35.5. The third-order valence-electron chi connectivity index (χ3n) is 5.28. The first-order chi connectivity index (χ1) is 10.7. The average Bonchev–Trinajstić information content (AvgIpc) is 3.14. The maximum atomic E-state index is 7.13. The maximum Gasteiger partial charge on any atom is 0.120 e. The lowest BCUT2D eigenvalue weighted by Crippen LogP contribution is -2.37. The van der Waals surface area contributed by atoms with Crippen molar-refractivity contribution in [1.82, 2.24) is 4.90 Å². The Bertz CT molecular complexity index is 482. The smallest absolute Gasteiger partial charge is 0.120 e. The monoisotopic (exact) mass is 338 g/mol. The Balaban J connectivity index is 1.72. The summed E-state index contributed by atoms with van der Waals surface area (Å²) in [4.78, 5) is 7.06. The number of amidine groups is 1. The molecule has 2 rings (SSSR count). The number of nitrogens with zero attached hydrogens (tertiary/aromatic N) is 2. The molecule has 1 spiro atoms. The van der Waals surface area contributed by atoms with Crippen LogP contribution in [0, 0.1) is 22.2 Å². The van der Waals surface area contributed by atoms with Crippen LogP contribution in [0.15, 0.2) is 17.1 Å². The topological polar surface area (TPSA) is 65.5 Å². The summed E-state index contributed by atoms with van der Waals surface area (Å²) in [6.07, 6.45) is 8.26. The molecule has 2 aliphatic rings. The summed E-state index contributed by atoms with van der Waals surface area (Å²) in [5, 5.41) is 7.11. The highest BCUT2D eigenvalue weighted by molar-refractivity contribution is 6.67. The van der Waals surface area contributed by atoms with Crippen LogP contribution in [0.25, 0.3) is 0 Å². The minimum atomic E-state index is -0.0197. The molecule has 1 heterocycles. The number of halogens is 1. The Hall–Kier alpha value is -0.870. The van der Waals surface area contributed by atoms with Crippen molar-refractivity contribution in [2.45, 2.75) is 46.5 Å². The van der Waals surface area contributed by atoms with E-state index in [1.807, 2.05) is 0 Å². The Morgan fingerprint density at radius 2 is 2.00 bits per heavy atom. The van der Waals surface area contributed by atoms with E-state index in [9.17, 15) is 0 Å². The van der Waals surface area contributed by atoms with E-state index in [1.165, 1.54) is 51.4 Å². The van der Waals surface area contributed by atoms with Crippen molar-refractivity contribution in [3.8, 4) is 0 Å². The molecule has 1 aliphatic carbocycles. The number of hydrogen-bond acceptors (Lipinski definition) is 3. The number of likely N-dealkylation sites (tertiary alicyclic amines) is 1. The zero-order valence-corrected chi connectivity index (χ0v) is 15.5. The van der Waals surface area contributed by atoms with E-state index in [0.29, 0.717) is 22.6 Å². The van der Waals surface area contributed by atoms with E-state index in [1.54, 1.807) is 6.08 Å². The van der Waals surface area contributed by atoms with Crippen LogP contribution in [0.1, 0.15) is 46.5 Å². The number of nitrogens with two attached hydrogens (primary N) is 1. The number of rotatable bonds is 6. The van der Waals surface area contributed by atoms with Crippen LogP contribution in [0.2, 0.25) is 0 Å². The molecule has 1 unspecified atom stereocenters. The summed E-state index contributed by atoms with van der Waals surface area (Å²) >= 11 is 5.46. The van der Waals surface area contributed by atoms with Crippen molar-refractivity contribution in [3.05, 3.63) is 12.2 Å². The largest absolute Gasteiger partial charge is 0.384 e. The van der Waals surface area contributed by atoms with Crippen molar-refractivity contribution in [3.63, 3.8) is 0 Å². The van der Waals surface area contributed by atoms with Crippen molar-refractivity contribution >= 4 is 22.6 Å². The molecule has 0 aromatic carbocycles. The predicted octanol–water partition coefficient (Wildman–Crippen LogP) is 3.65. The lowest BCUT2D eigenvalue weighted by molar-refractivity contribution is 0.146. The molecule has 0 aromatic heterocycles. The van der Waals surface area contributed by atoms with Crippen molar-refractivity contribution < 1.29 is 0 Å². The van der Waals surface area contributed by atoms with Gasteiger partial charge in [0.1, 0.15) is 11.0 Å². The van der Waals surface area contributed by atoms with Crippen molar-refractivity contribution in [2.75, 3.05) is 26.2 Å². The van der Waals surface area contributed by atoms with Gasteiger partial charge in [0.25, 0.3) is 0 Å². The summed E-state index contributed by atoms with van der Waals surface area (Å²) in [6.45, 7) is 11.5. The zero-order chi connectivity index (χ0) is 17.1. The minimum absolute atomic E-state index is 0.0197. The molecule has 1 saturated carbocycles. The molecule has 4 nitrogen and oxygen atoms in total. The molecule has 0 radical (unpaired) electrons. The molecule has 0 aromatic rings. The summed E-state index contributed by atoms with van der Waals surface area (Å²) < 4.78 is 0. The zero-order valence-electron chi connectivity index (χ0n) is 14.7. The van der Waals surface area contributed by atoms with Gasteiger partial charge in [0, 0.05) is 6.54 Å². The van der Waals surface area contributed by atoms with Gasteiger partial charge in [-0.3, -0.25) is 10.4 Å². The summed E-state index contributed by atoms with van der Waals surface area (Å²) in [7, 11) is 0. The van der Waals surface area contributed by atoms with Crippen LogP contribution in [0.3, 0.4) is 0 Å². The molecule has 23 heavy (non-hydrogen) atoms. The number of hydrogen-bond donors (Lipinski definition) is 2. The van der Waals surface area contributed by atoms with E-state index in [2.05, 4.69) is 30.7 Å². The third kappa shape index (κ3) is 5.92. The number of nitrogens with one attached hydrogen (secondary N) is 1. The highest BCUT2D eigenvalue weighted by Gasteiger charge is 2.54. The minimum Gasteiger partial charge on any atom is -0.384 e. The standard InChI is InChI=1S/C18H31ClN4/c1-17(2,3)6-9-23-10-7-18(8-11-23)12-14(18)13-22-16(21)5-4-15(19)20/h4-5,14,20H,6-13H2,1-3H3,(H2,21,22)/b5-4-,20-15?. The van der Waals surface area contributed by atoms with Gasteiger partial charge in [-0.2, -0.15) is 0 Å². The summed E-state index contributed by atoms with van der Waals surface area (Å²) in [6, 6.07) is 0. The van der Waals surface area contributed by atoms with Gasteiger partial charge in [-0.25, -0.2) is 0 Å². The summed E-state index contributed by atoms with van der Waals surface area (Å²) in [5.41, 5.74) is 6.78. The molecule has 3 N–H and O–H groups in total. The van der Waals surface area contributed by atoms with E-state index in [-0.39, 0.29) is 5.17 Å². The third-order valence-corrected chi connectivity index (χ3v) is 5.41. The molecular formula is C18H31ClN4. The van der Waals surface area contributed by atoms with Gasteiger partial charge in [-0.15, -0.1) is 0 Å². The lowest BCUT2D eigenvalue weighted by atomic mass is 9.88.